The zero-order valence-electron chi connectivity index (χ0n) is 10.6. The molecule has 0 saturated heterocycles. The van der Waals surface area contributed by atoms with E-state index in [9.17, 15) is 9.90 Å². The van der Waals surface area contributed by atoms with Gasteiger partial charge in [-0.15, -0.1) is 0 Å². The fourth-order valence-electron chi connectivity index (χ4n) is 2.31. The van der Waals surface area contributed by atoms with Crippen LogP contribution in [0.1, 0.15) is 30.9 Å². The number of benzene rings is 1. The number of nitrogens with one attached hydrogen (secondary N) is 1. The lowest BCUT2D eigenvalue weighted by atomic mass is 9.84. The minimum Gasteiger partial charge on any atom is -0.480 e. The van der Waals surface area contributed by atoms with Crippen LogP contribution in [0.15, 0.2) is 30.3 Å². The zero-order valence-corrected chi connectivity index (χ0v) is 11.4. The lowest BCUT2D eigenvalue weighted by molar-refractivity contribution is -0.139. The van der Waals surface area contributed by atoms with Gasteiger partial charge in [0.2, 0.25) is 0 Å². The van der Waals surface area contributed by atoms with Crippen LogP contribution in [0.2, 0.25) is 0 Å². The molecule has 0 spiro atoms. The molecule has 0 aliphatic heterocycles. The molecule has 2 rings (SSSR count). The number of hydrogen-bond donors (Lipinski definition) is 2. The van der Waals surface area contributed by atoms with Crippen LogP contribution in [0.4, 0.5) is 0 Å². The van der Waals surface area contributed by atoms with E-state index < -0.39 is 12.0 Å². The van der Waals surface area contributed by atoms with Crippen LogP contribution in [0, 0.1) is 0 Å². The molecule has 1 aromatic rings. The maximum absolute atomic E-state index is 11.3. The molecule has 1 aliphatic rings. The molecule has 0 bridgehead atoms. The Bertz CT molecular complexity index is 398. The number of thioether (sulfide) groups is 1. The van der Waals surface area contributed by atoms with Crippen LogP contribution in [-0.2, 0) is 4.79 Å². The molecule has 1 aromatic carbocycles. The van der Waals surface area contributed by atoms with Crippen molar-refractivity contribution in [2.45, 2.75) is 30.1 Å². The van der Waals surface area contributed by atoms with Crippen molar-refractivity contribution >= 4 is 17.7 Å². The highest BCUT2D eigenvalue weighted by Gasteiger charge is 2.37. The number of carbonyl (C=O) groups is 1. The quantitative estimate of drug-likeness (QED) is 0.830. The second-order valence-electron chi connectivity index (χ2n) is 4.80. The fourth-order valence-corrected chi connectivity index (χ4v) is 3.23. The van der Waals surface area contributed by atoms with Gasteiger partial charge in [0.25, 0.3) is 0 Å². The van der Waals surface area contributed by atoms with Gasteiger partial charge < -0.3 is 5.11 Å². The topological polar surface area (TPSA) is 49.3 Å². The largest absolute Gasteiger partial charge is 0.480 e. The standard InChI is InChI=1S/C14H19NO2S/c1-18-14(8-5-9-14)10-15-12(13(16)17)11-6-3-2-4-7-11/h2-4,6-7,12,15H,5,8-10H2,1H3,(H,16,17). The first-order chi connectivity index (χ1) is 8.67. The van der Waals surface area contributed by atoms with Gasteiger partial charge in [0.1, 0.15) is 6.04 Å². The van der Waals surface area contributed by atoms with E-state index in [1.807, 2.05) is 42.1 Å². The molecule has 18 heavy (non-hydrogen) atoms. The number of rotatable bonds is 6. The van der Waals surface area contributed by atoms with Crippen molar-refractivity contribution in [1.29, 1.82) is 0 Å². The molecule has 0 radical (unpaired) electrons. The maximum atomic E-state index is 11.3. The van der Waals surface area contributed by atoms with Crippen LogP contribution >= 0.6 is 11.8 Å². The summed E-state index contributed by atoms with van der Waals surface area (Å²) < 4.78 is 0.252. The van der Waals surface area contributed by atoms with Gasteiger partial charge in [-0.05, 0) is 24.7 Å². The molecule has 98 valence electrons. The van der Waals surface area contributed by atoms with Crippen LogP contribution in [0.3, 0.4) is 0 Å². The zero-order chi connectivity index (χ0) is 13.0. The van der Waals surface area contributed by atoms with E-state index in [0.717, 1.165) is 12.1 Å². The highest BCUT2D eigenvalue weighted by atomic mass is 32.2. The third-order valence-electron chi connectivity index (χ3n) is 3.71. The van der Waals surface area contributed by atoms with E-state index in [1.165, 1.54) is 19.3 Å². The Kier molecular flexibility index (Phi) is 4.30. The Balaban J connectivity index is 2.01. The first-order valence-corrected chi connectivity index (χ1v) is 7.46. The third-order valence-corrected chi connectivity index (χ3v) is 5.12. The van der Waals surface area contributed by atoms with E-state index in [4.69, 9.17) is 0 Å². The SMILES string of the molecule is CSC1(CNC(C(=O)O)c2ccccc2)CCC1. The highest BCUT2D eigenvalue weighted by molar-refractivity contribution is 8.00. The van der Waals surface area contributed by atoms with E-state index in [2.05, 4.69) is 11.6 Å². The van der Waals surface area contributed by atoms with Crippen molar-refractivity contribution in [3.05, 3.63) is 35.9 Å². The summed E-state index contributed by atoms with van der Waals surface area (Å²) in [7, 11) is 0. The van der Waals surface area contributed by atoms with Gasteiger partial charge in [-0.25, -0.2) is 0 Å². The number of carboxylic acids is 1. The third kappa shape index (κ3) is 2.87. The summed E-state index contributed by atoms with van der Waals surface area (Å²) in [6, 6.07) is 8.77. The van der Waals surface area contributed by atoms with Crippen molar-refractivity contribution in [2.24, 2.45) is 0 Å². The normalized spacial score (nSPS) is 18.9. The van der Waals surface area contributed by atoms with Crippen LogP contribution < -0.4 is 5.32 Å². The lowest BCUT2D eigenvalue weighted by Crippen LogP contribution is -2.45. The lowest BCUT2D eigenvalue weighted by Gasteiger charge is -2.41. The average molecular weight is 265 g/mol. The van der Waals surface area contributed by atoms with E-state index in [-0.39, 0.29) is 4.75 Å². The van der Waals surface area contributed by atoms with Gasteiger partial charge in [-0.2, -0.15) is 11.8 Å². The fraction of sp³-hybridized carbons (Fsp3) is 0.500. The second kappa shape index (κ2) is 5.76. The summed E-state index contributed by atoms with van der Waals surface area (Å²) >= 11 is 1.85. The van der Waals surface area contributed by atoms with Crippen molar-refractivity contribution in [3.8, 4) is 0 Å². The molecule has 1 atom stereocenters. The summed E-state index contributed by atoms with van der Waals surface area (Å²) in [5, 5.41) is 12.5. The first kappa shape index (κ1) is 13.4. The molecule has 2 N–H and O–H groups in total. The van der Waals surface area contributed by atoms with Crippen molar-refractivity contribution < 1.29 is 9.90 Å². The van der Waals surface area contributed by atoms with Crippen LogP contribution in [0.25, 0.3) is 0 Å². The molecule has 1 aliphatic carbocycles. The first-order valence-electron chi connectivity index (χ1n) is 6.23. The highest BCUT2D eigenvalue weighted by Crippen LogP contribution is 2.42. The summed E-state index contributed by atoms with van der Waals surface area (Å²) in [5.41, 5.74) is 0.820. The molecule has 1 saturated carbocycles. The Hall–Kier alpha value is -1.00. The predicted octanol–water partition coefficient (Wildman–Crippen LogP) is 2.69. The molecule has 1 fully saturated rings. The molecular weight excluding hydrogens is 246 g/mol. The van der Waals surface area contributed by atoms with Crippen molar-refractivity contribution in [3.63, 3.8) is 0 Å². The van der Waals surface area contributed by atoms with E-state index in [1.54, 1.807) is 0 Å². The number of hydrogen-bond acceptors (Lipinski definition) is 3. The number of aliphatic carboxylic acids is 1. The molecule has 0 heterocycles. The number of carboxylic acid groups (broad SMARTS) is 1. The molecule has 0 amide bonds. The van der Waals surface area contributed by atoms with Gasteiger partial charge in [0.15, 0.2) is 0 Å². The van der Waals surface area contributed by atoms with Gasteiger partial charge in [0.05, 0.1) is 0 Å². The maximum Gasteiger partial charge on any atom is 0.325 e. The molecule has 4 heteroatoms. The average Bonchev–Trinajstić information content (AvgIpc) is 2.33. The Morgan fingerprint density at radius 1 is 1.44 bits per heavy atom. The Morgan fingerprint density at radius 2 is 2.11 bits per heavy atom. The van der Waals surface area contributed by atoms with Gasteiger partial charge >= 0.3 is 5.97 Å². The van der Waals surface area contributed by atoms with Gasteiger partial charge in [-0.3, -0.25) is 10.1 Å². The second-order valence-corrected chi connectivity index (χ2v) is 6.08. The molecule has 3 nitrogen and oxygen atoms in total. The molecule has 1 unspecified atom stereocenters. The Morgan fingerprint density at radius 3 is 2.56 bits per heavy atom. The summed E-state index contributed by atoms with van der Waals surface area (Å²) in [4.78, 5) is 11.3. The van der Waals surface area contributed by atoms with Crippen LogP contribution in [-0.4, -0.2) is 28.6 Å². The monoisotopic (exact) mass is 265 g/mol. The summed E-state index contributed by atoms with van der Waals surface area (Å²) in [6.45, 7) is 0.764. The van der Waals surface area contributed by atoms with Gasteiger partial charge in [-0.1, -0.05) is 36.8 Å². The predicted molar refractivity (Wildman–Crippen MR) is 74.9 cm³/mol. The minimum atomic E-state index is -0.809. The van der Waals surface area contributed by atoms with Crippen LogP contribution in [0.5, 0.6) is 0 Å². The van der Waals surface area contributed by atoms with E-state index in [0.29, 0.717) is 0 Å². The summed E-state index contributed by atoms with van der Waals surface area (Å²) in [6.07, 6.45) is 5.73. The molecule has 0 aromatic heterocycles. The van der Waals surface area contributed by atoms with Crippen molar-refractivity contribution in [2.75, 3.05) is 12.8 Å². The molecular formula is C14H19NO2S. The van der Waals surface area contributed by atoms with Gasteiger partial charge in [0, 0.05) is 11.3 Å². The van der Waals surface area contributed by atoms with Crippen molar-refractivity contribution in [1.82, 2.24) is 5.32 Å². The van der Waals surface area contributed by atoms with E-state index >= 15 is 0 Å². The Labute approximate surface area is 112 Å². The minimum absolute atomic E-state index is 0.252. The summed E-state index contributed by atoms with van der Waals surface area (Å²) in [5.74, 6) is -0.809. The smallest absolute Gasteiger partial charge is 0.325 e.